The number of piperidine rings is 1. The zero-order valence-corrected chi connectivity index (χ0v) is 16.8. The van der Waals surface area contributed by atoms with Gasteiger partial charge in [-0.15, -0.1) is 0 Å². The molecule has 0 bridgehead atoms. The van der Waals surface area contributed by atoms with E-state index in [1.54, 1.807) is 0 Å². The molecule has 0 saturated carbocycles. The fourth-order valence-electron chi connectivity index (χ4n) is 4.05. The number of likely N-dealkylation sites (tertiary alicyclic amines) is 1. The van der Waals surface area contributed by atoms with Crippen molar-refractivity contribution in [2.24, 2.45) is 5.92 Å². The van der Waals surface area contributed by atoms with Gasteiger partial charge >= 0.3 is 0 Å². The van der Waals surface area contributed by atoms with Gasteiger partial charge in [-0.2, -0.15) is 0 Å². The molecule has 1 atom stereocenters. The molecule has 1 fully saturated rings. The lowest BCUT2D eigenvalue weighted by Crippen LogP contribution is -2.40. The Kier molecular flexibility index (Phi) is 6.02. The first-order chi connectivity index (χ1) is 14.6. The Morgan fingerprint density at radius 2 is 1.90 bits per heavy atom. The number of nitrogens with two attached hydrogens (primary N) is 1. The van der Waals surface area contributed by atoms with E-state index in [0.29, 0.717) is 23.7 Å². The van der Waals surface area contributed by atoms with Crippen molar-refractivity contribution >= 4 is 11.9 Å². The van der Waals surface area contributed by atoms with Crippen LogP contribution in [0.4, 0.5) is 10.3 Å². The Labute approximate surface area is 175 Å². The van der Waals surface area contributed by atoms with E-state index < -0.39 is 0 Å². The molecule has 5 nitrogen and oxygen atoms in total. The van der Waals surface area contributed by atoms with Crippen LogP contribution < -0.4 is 5.73 Å². The number of nitrogens with zero attached hydrogens (tertiary/aromatic N) is 3. The van der Waals surface area contributed by atoms with Crippen LogP contribution in [0.3, 0.4) is 0 Å². The average Bonchev–Trinajstić information content (AvgIpc) is 2.79. The number of hydrogen-bond donors (Lipinski definition) is 1. The van der Waals surface area contributed by atoms with Crippen molar-refractivity contribution in [1.82, 2.24) is 14.9 Å². The Bertz CT molecular complexity index is 1010. The third kappa shape index (κ3) is 4.64. The smallest absolute Gasteiger partial charge is 0.257 e. The van der Waals surface area contributed by atoms with Gasteiger partial charge in [0.25, 0.3) is 5.91 Å². The van der Waals surface area contributed by atoms with Crippen molar-refractivity contribution in [2.45, 2.75) is 25.7 Å². The van der Waals surface area contributed by atoms with E-state index in [1.807, 2.05) is 47.4 Å². The summed E-state index contributed by atoms with van der Waals surface area (Å²) < 4.78 is 13.1. The number of rotatable bonds is 5. The first-order valence-corrected chi connectivity index (χ1v) is 10.3. The van der Waals surface area contributed by atoms with Crippen LogP contribution in [0.1, 0.15) is 35.2 Å². The van der Waals surface area contributed by atoms with Crippen LogP contribution in [0.5, 0.6) is 0 Å². The molecule has 0 aliphatic carbocycles. The lowest BCUT2D eigenvalue weighted by molar-refractivity contribution is 0.0668. The SMILES string of the molecule is Nc1ncc(C(=O)N2CCC[C@@H](CCc3ccc(F)cc3)C2)c(-c2ccccc2)n1. The Hall–Kier alpha value is -3.28. The van der Waals surface area contributed by atoms with Gasteiger partial charge in [0.05, 0.1) is 11.3 Å². The zero-order valence-electron chi connectivity index (χ0n) is 16.8. The molecule has 1 aromatic heterocycles. The van der Waals surface area contributed by atoms with Gasteiger partial charge in [0.15, 0.2) is 0 Å². The van der Waals surface area contributed by atoms with Crippen LogP contribution in [0.25, 0.3) is 11.3 Å². The molecule has 4 rings (SSSR count). The summed E-state index contributed by atoms with van der Waals surface area (Å²) in [5.41, 5.74) is 8.82. The number of anilines is 1. The summed E-state index contributed by atoms with van der Waals surface area (Å²) in [6.45, 7) is 1.43. The molecule has 0 spiro atoms. The monoisotopic (exact) mass is 404 g/mol. The molecular weight excluding hydrogens is 379 g/mol. The largest absolute Gasteiger partial charge is 0.368 e. The van der Waals surface area contributed by atoms with Crippen LogP contribution in [0.2, 0.25) is 0 Å². The minimum atomic E-state index is -0.215. The molecule has 1 aliphatic heterocycles. The molecule has 2 N–H and O–H groups in total. The van der Waals surface area contributed by atoms with E-state index in [2.05, 4.69) is 9.97 Å². The Morgan fingerprint density at radius 1 is 1.13 bits per heavy atom. The van der Waals surface area contributed by atoms with Gasteiger partial charge in [0, 0.05) is 24.8 Å². The van der Waals surface area contributed by atoms with Crippen LogP contribution in [-0.4, -0.2) is 33.9 Å². The number of benzene rings is 2. The highest BCUT2D eigenvalue weighted by Gasteiger charge is 2.27. The summed E-state index contributed by atoms with van der Waals surface area (Å²) in [6, 6.07) is 16.2. The molecule has 0 unspecified atom stereocenters. The summed E-state index contributed by atoms with van der Waals surface area (Å²) in [5, 5.41) is 0. The molecule has 3 aromatic rings. The number of amides is 1. The number of halogens is 1. The minimum absolute atomic E-state index is 0.0552. The lowest BCUT2D eigenvalue weighted by atomic mass is 9.91. The Balaban J connectivity index is 1.47. The molecule has 1 aliphatic rings. The highest BCUT2D eigenvalue weighted by molar-refractivity contribution is 5.99. The number of hydrogen-bond acceptors (Lipinski definition) is 4. The minimum Gasteiger partial charge on any atom is -0.368 e. The van der Waals surface area contributed by atoms with Gasteiger partial charge in [0.2, 0.25) is 5.95 Å². The number of carbonyl (C=O) groups is 1. The summed E-state index contributed by atoms with van der Waals surface area (Å²) in [7, 11) is 0. The summed E-state index contributed by atoms with van der Waals surface area (Å²) in [4.78, 5) is 23.7. The maximum Gasteiger partial charge on any atom is 0.257 e. The predicted octanol–water partition coefficient (Wildman–Crippen LogP) is 4.35. The normalized spacial score (nSPS) is 16.4. The molecule has 1 amide bonds. The van der Waals surface area contributed by atoms with Crippen LogP contribution in [-0.2, 0) is 6.42 Å². The summed E-state index contributed by atoms with van der Waals surface area (Å²) in [6.07, 6.45) is 5.45. The number of carbonyl (C=O) groups excluding carboxylic acids is 1. The van der Waals surface area contributed by atoms with Crippen molar-refractivity contribution in [3.8, 4) is 11.3 Å². The van der Waals surface area contributed by atoms with Gasteiger partial charge < -0.3 is 10.6 Å². The van der Waals surface area contributed by atoms with Crippen molar-refractivity contribution in [2.75, 3.05) is 18.8 Å². The van der Waals surface area contributed by atoms with Gasteiger partial charge in [-0.05, 0) is 49.3 Å². The van der Waals surface area contributed by atoms with E-state index >= 15 is 0 Å². The maximum absolute atomic E-state index is 13.3. The predicted molar refractivity (Wildman–Crippen MR) is 115 cm³/mol. The van der Waals surface area contributed by atoms with E-state index in [4.69, 9.17) is 5.73 Å². The first kappa shape index (κ1) is 20.0. The topological polar surface area (TPSA) is 72.1 Å². The van der Waals surface area contributed by atoms with Crippen LogP contribution in [0.15, 0.2) is 60.8 Å². The average molecular weight is 404 g/mol. The zero-order chi connectivity index (χ0) is 20.9. The quantitative estimate of drug-likeness (QED) is 0.686. The van der Waals surface area contributed by atoms with Crippen molar-refractivity contribution in [3.05, 3.63) is 77.7 Å². The van der Waals surface area contributed by atoms with Crippen molar-refractivity contribution in [1.29, 1.82) is 0 Å². The molecule has 2 aromatic carbocycles. The second-order valence-corrected chi connectivity index (χ2v) is 7.78. The fraction of sp³-hybridized carbons (Fsp3) is 0.292. The molecule has 30 heavy (non-hydrogen) atoms. The van der Waals surface area contributed by atoms with E-state index in [1.165, 1.54) is 18.3 Å². The number of aromatic nitrogens is 2. The molecule has 2 heterocycles. The maximum atomic E-state index is 13.3. The third-order valence-electron chi connectivity index (χ3n) is 5.65. The highest BCUT2D eigenvalue weighted by atomic mass is 19.1. The van der Waals surface area contributed by atoms with E-state index in [0.717, 1.165) is 43.4 Å². The van der Waals surface area contributed by atoms with Crippen LogP contribution in [0, 0.1) is 11.7 Å². The first-order valence-electron chi connectivity index (χ1n) is 10.3. The summed E-state index contributed by atoms with van der Waals surface area (Å²) in [5.74, 6) is 0.303. The number of aryl methyl sites for hydroxylation is 1. The van der Waals surface area contributed by atoms with Gasteiger partial charge in [0.1, 0.15) is 5.82 Å². The molecule has 1 saturated heterocycles. The fourth-order valence-corrected chi connectivity index (χ4v) is 4.05. The van der Waals surface area contributed by atoms with E-state index in [-0.39, 0.29) is 17.7 Å². The third-order valence-corrected chi connectivity index (χ3v) is 5.65. The molecule has 6 heteroatoms. The molecule has 0 radical (unpaired) electrons. The number of nitrogen functional groups attached to an aromatic ring is 1. The standard InChI is InChI=1S/C24H25FN4O/c25-20-12-10-17(11-13-20)8-9-18-5-4-14-29(16-18)23(30)21-15-27-24(26)28-22(21)19-6-2-1-3-7-19/h1-3,6-7,10-13,15,18H,4-5,8-9,14,16H2,(H2,26,27,28)/t18-/m0/s1. The van der Waals surface area contributed by atoms with Crippen LogP contribution >= 0.6 is 0 Å². The lowest BCUT2D eigenvalue weighted by Gasteiger charge is -2.33. The van der Waals surface area contributed by atoms with Crippen molar-refractivity contribution in [3.63, 3.8) is 0 Å². The second kappa shape index (κ2) is 9.03. The highest BCUT2D eigenvalue weighted by Crippen LogP contribution is 2.27. The second-order valence-electron chi connectivity index (χ2n) is 7.78. The van der Waals surface area contributed by atoms with E-state index in [9.17, 15) is 9.18 Å². The van der Waals surface area contributed by atoms with Gasteiger partial charge in [-0.1, -0.05) is 42.5 Å². The van der Waals surface area contributed by atoms with Gasteiger partial charge in [-0.25, -0.2) is 14.4 Å². The molecule has 154 valence electrons. The molecular formula is C24H25FN4O. The Morgan fingerprint density at radius 3 is 2.67 bits per heavy atom. The summed E-state index contributed by atoms with van der Waals surface area (Å²) >= 11 is 0. The van der Waals surface area contributed by atoms with Crippen molar-refractivity contribution < 1.29 is 9.18 Å². The van der Waals surface area contributed by atoms with Gasteiger partial charge in [-0.3, -0.25) is 4.79 Å².